The minimum absolute atomic E-state index is 0.0449. The third kappa shape index (κ3) is 4.43. The molecule has 6 nitrogen and oxygen atoms in total. The van der Waals surface area contributed by atoms with E-state index < -0.39 is 5.91 Å². The van der Waals surface area contributed by atoms with E-state index in [1.807, 2.05) is 56.3 Å². The molecule has 2 aromatic rings. The highest BCUT2D eigenvalue weighted by Crippen LogP contribution is 2.30. The molecule has 0 saturated heterocycles. The van der Waals surface area contributed by atoms with Gasteiger partial charge in [0.15, 0.2) is 5.17 Å². The summed E-state index contributed by atoms with van der Waals surface area (Å²) in [5.74, 6) is 0.0716. The van der Waals surface area contributed by atoms with Crippen LogP contribution in [0.2, 0.25) is 0 Å². The summed E-state index contributed by atoms with van der Waals surface area (Å²) in [6.45, 7) is 3.94. The minimum Gasteiger partial charge on any atom is -0.497 e. The molecule has 0 radical (unpaired) electrons. The molecule has 28 heavy (non-hydrogen) atoms. The first-order chi connectivity index (χ1) is 13.4. The summed E-state index contributed by atoms with van der Waals surface area (Å²) in [6.07, 6.45) is 1.72. The first-order valence-corrected chi connectivity index (χ1v) is 9.64. The lowest BCUT2D eigenvalue weighted by molar-refractivity contribution is -0.115. The molecule has 0 fully saturated rings. The number of amides is 2. The highest BCUT2D eigenvalue weighted by molar-refractivity contribution is 8.14. The van der Waals surface area contributed by atoms with Crippen molar-refractivity contribution in [3.8, 4) is 5.75 Å². The lowest BCUT2D eigenvalue weighted by Crippen LogP contribution is -2.31. The third-order valence-corrected chi connectivity index (χ3v) is 5.02. The summed E-state index contributed by atoms with van der Waals surface area (Å²) in [7, 11) is 1.60. The van der Waals surface area contributed by atoms with Crippen LogP contribution in [0, 0.1) is 13.8 Å². The number of hydrogen-bond donors (Lipinski definition) is 1. The van der Waals surface area contributed by atoms with Gasteiger partial charge in [0, 0.05) is 0 Å². The van der Waals surface area contributed by atoms with Crippen LogP contribution < -0.4 is 15.4 Å². The van der Waals surface area contributed by atoms with Gasteiger partial charge in [0.25, 0.3) is 5.91 Å². The Morgan fingerprint density at radius 2 is 1.82 bits per heavy atom. The zero-order chi connectivity index (χ0) is 20.3. The van der Waals surface area contributed by atoms with Crippen molar-refractivity contribution in [3.63, 3.8) is 0 Å². The zero-order valence-electron chi connectivity index (χ0n) is 15.9. The molecule has 1 heterocycles. The molecular formula is C21H21N3O3S. The van der Waals surface area contributed by atoms with E-state index in [1.54, 1.807) is 13.2 Å². The van der Waals surface area contributed by atoms with Crippen molar-refractivity contribution in [2.75, 3.05) is 17.8 Å². The molecule has 144 valence electrons. The predicted octanol–water partition coefficient (Wildman–Crippen LogP) is 3.27. The molecule has 0 aromatic heterocycles. The van der Waals surface area contributed by atoms with Crippen LogP contribution in [0.4, 0.5) is 5.69 Å². The van der Waals surface area contributed by atoms with E-state index in [0.29, 0.717) is 10.9 Å². The SMILES string of the molecule is COc1ccc(/C=C2\N=C(SCC(N)=O)N(c3cc(C)cc(C)c3)C2=O)cc1. The van der Waals surface area contributed by atoms with Crippen LogP contribution in [0.15, 0.2) is 53.2 Å². The third-order valence-electron chi connectivity index (χ3n) is 4.06. The number of carbonyl (C=O) groups excluding carboxylic acids is 2. The summed E-state index contributed by atoms with van der Waals surface area (Å²) in [5, 5.41) is 0.438. The van der Waals surface area contributed by atoms with Crippen LogP contribution in [0.1, 0.15) is 16.7 Å². The van der Waals surface area contributed by atoms with Gasteiger partial charge in [-0.2, -0.15) is 0 Å². The van der Waals surface area contributed by atoms with Gasteiger partial charge < -0.3 is 10.5 Å². The zero-order valence-corrected chi connectivity index (χ0v) is 16.7. The first-order valence-electron chi connectivity index (χ1n) is 8.65. The molecule has 2 aromatic carbocycles. The smallest absolute Gasteiger partial charge is 0.283 e. The summed E-state index contributed by atoms with van der Waals surface area (Å²) in [5.41, 5.74) is 9.20. The highest BCUT2D eigenvalue weighted by Gasteiger charge is 2.32. The maximum absolute atomic E-state index is 13.1. The number of nitrogens with zero attached hydrogens (tertiary/aromatic N) is 2. The molecule has 0 unspecified atom stereocenters. The molecule has 0 atom stereocenters. The van der Waals surface area contributed by atoms with E-state index in [4.69, 9.17) is 10.5 Å². The lowest BCUT2D eigenvalue weighted by Gasteiger charge is -2.18. The van der Waals surface area contributed by atoms with Gasteiger partial charge in [-0.25, -0.2) is 4.99 Å². The summed E-state index contributed by atoms with van der Waals surface area (Å²) in [4.78, 5) is 30.3. The fraction of sp³-hybridized carbons (Fsp3) is 0.190. The minimum atomic E-state index is -0.465. The van der Waals surface area contributed by atoms with Crippen molar-refractivity contribution >= 4 is 40.5 Å². The molecular weight excluding hydrogens is 374 g/mol. The van der Waals surface area contributed by atoms with E-state index in [0.717, 1.165) is 39.9 Å². The molecule has 2 amide bonds. The van der Waals surface area contributed by atoms with Gasteiger partial charge in [0.2, 0.25) is 5.91 Å². The average molecular weight is 395 g/mol. The largest absolute Gasteiger partial charge is 0.497 e. The summed E-state index contributed by atoms with van der Waals surface area (Å²) < 4.78 is 5.16. The number of aliphatic imine (C=N–C) groups is 1. The molecule has 3 rings (SSSR count). The fourth-order valence-electron chi connectivity index (χ4n) is 2.89. The number of thioether (sulfide) groups is 1. The second-order valence-corrected chi connectivity index (χ2v) is 7.38. The number of primary amides is 1. The topological polar surface area (TPSA) is 85.0 Å². The second kappa shape index (κ2) is 8.31. The van der Waals surface area contributed by atoms with E-state index in [-0.39, 0.29) is 11.7 Å². The average Bonchev–Trinajstić information content (AvgIpc) is 2.95. The number of carbonyl (C=O) groups is 2. The predicted molar refractivity (Wildman–Crippen MR) is 113 cm³/mol. The van der Waals surface area contributed by atoms with Crippen molar-refractivity contribution in [1.29, 1.82) is 0 Å². The standard InChI is InChI=1S/C21H21N3O3S/c1-13-8-14(2)10-16(9-13)24-20(26)18(23-21(24)28-12-19(22)25)11-15-4-6-17(27-3)7-5-15/h4-11H,12H2,1-3H3,(H2,22,25)/b18-11-. The van der Waals surface area contributed by atoms with Crippen molar-refractivity contribution in [2.45, 2.75) is 13.8 Å². The lowest BCUT2D eigenvalue weighted by atomic mass is 10.1. The maximum atomic E-state index is 13.1. The van der Waals surface area contributed by atoms with Crippen molar-refractivity contribution in [2.24, 2.45) is 10.7 Å². The van der Waals surface area contributed by atoms with Gasteiger partial charge in [0.1, 0.15) is 11.4 Å². The Balaban J connectivity index is 1.99. The normalized spacial score (nSPS) is 15.1. The van der Waals surface area contributed by atoms with Crippen LogP contribution in [0.5, 0.6) is 5.75 Å². The highest BCUT2D eigenvalue weighted by atomic mass is 32.2. The maximum Gasteiger partial charge on any atom is 0.283 e. The van der Waals surface area contributed by atoms with Crippen LogP contribution in [0.3, 0.4) is 0 Å². The Hall–Kier alpha value is -3.06. The van der Waals surface area contributed by atoms with Gasteiger partial charge in [0.05, 0.1) is 18.6 Å². The number of nitrogens with two attached hydrogens (primary N) is 1. The van der Waals surface area contributed by atoms with Crippen LogP contribution in [0.25, 0.3) is 6.08 Å². The Kier molecular flexibility index (Phi) is 5.84. The monoisotopic (exact) mass is 395 g/mol. The fourth-order valence-corrected chi connectivity index (χ4v) is 3.65. The molecule has 0 saturated carbocycles. The molecule has 0 spiro atoms. The summed E-state index contributed by atoms with van der Waals surface area (Å²) >= 11 is 1.15. The number of hydrogen-bond acceptors (Lipinski definition) is 5. The first kappa shape index (κ1) is 19.7. The Bertz CT molecular complexity index is 961. The number of amidine groups is 1. The Morgan fingerprint density at radius 1 is 1.18 bits per heavy atom. The number of aryl methyl sites for hydroxylation is 2. The van der Waals surface area contributed by atoms with Crippen molar-refractivity contribution in [3.05, 3.63) is 64.9 Å². The Labute approximate surface area is 168 Å². The Morgan fingerprint density at radius 3 is 2.39 bits per heavy atom. The van der Waals surface area contributed by atoms with E-state index >= 15 is 0 Å². The quantitative estimate of drug-likeness (QED) is 0.788. The molecule has 1 aliphatic rings. The van der Waals surface area contributed by atoms with Gasteiger partial charge in [-0.15, -0.1) is 0 Å². The van der Waals surface area contributed by atoms with E-state index in [1.165, 1.54) is 4.90 Å². The second-order valence-electron chi connectivity index (χ2n) is 6.44. The molecule has 0 bridgehead atoms. The van der Waals surface area contributed by atoms with Crippen LogP contribution >= 0.6 is 11.8 Å². The number of benzene rings is 2. The molecule has 1 aliphatic heterocycles. The van der Waals surface area contributed by atoms with Gasteiger partial charge in [-0.3, -0.25) is 14.5 Å². The molecule has 2 N–H and O–H groups in total. The molecule has 0 aliphatic carbocycles. The van der Waals surface area contributed by atoms with Crippen molar-refractivity contribution in [1.82, 2.24) is 0 Å². The van der Waals surface area contributed by atoms with Crippen LogP contribution in [-0.2, 0) is 9.59 Å². The number of methoxy groups -OCH3 is 1. The number of ether oxygens (including phenoxy) is 1. The van der Waals surface area contributed by atoms with Gasteiger partial charge in [-0.05, 0) is 60.9 Å². The van der Waals surface area contributed by atoms with Gasteiger partial charge in [-0.1, -0.05) is 30.0 Å². The van der Waals surface area contributed by atoms with Gasteiger partial charge >= 0.3 is 0 Å². The van der Waals surface area contributed by atoms with Crippen LogP contribution in [-0.4, -0.2) is 29.8 Å². The summed E-state index contributed by atoms with van der Waals surface area (Å²) in [6, 6.07) is 13.2. The van der Waals surface area contributed by atoms with E-state index in [9.17, 15) is 9.59 Å². The van der Waals surface area contributed by atoms with E-state index in [2.05, 4.69) is 4.99 Å². The van der Waals surface area contributed by atoms with Crippen molar-refractivity contribution < 1.29 is 14.3 Å². The number of rotatable bonds is 5. The molecule has 7 heteroatoms. The number of anilines is 1.